The van der Waals surface area contributed by atoms with Crippen LogP contribution in [0.25, 0.3) is 6.08 Å². The van der Waals surface area contributed by atoms with Gasteiger partial charge in [0.05, 0.1) is 18.2 Å². The topological polar surface area (TPSA) is 50.8 Å². The van der Waals surface area contributed by atoms with Crippen LogP contribution in [0.5, 0.6) is 5.75 Å². The molecule has 0 spiro atoms. The number of carbonyl (C=O) groups excluding carboxylic acids is 1. The van der Waals surface area contributed by atoms with Gasteiger partial charge in [-0.1, -0.05) is 48.6 Å². The highest BCUT2D eigenvalue weighted by atomic mass is 19.1. The Bertz CT molecular complexity index is 1330. The average molecular weight is 531 g/mol. The van der Waals surface area contributed by atoms with Crippen LogP contribution in [-0.4, -0.2) is 24.2 Å². The van der Waals surface area contributed by atoms with E-state index in [4.69, 9.17) is 9.47 Å². The maximum Gasteiger partial charge on any atom is 0.306 e. The van der Waals surface area contributed by atoms with Crippen LogP contribution in [0.4, 0.5) is 15.8 Å². The second kappa shape index (κ2) is 12.4. The minimum Gasteiger partial charge on any atom is -0.491 e. The normalized spacial score (nSPS) is 13.8. The number of ether oxygens (including phenoxy) is 2. The van der Waals surface area contributed by atoms with Crippen molar-refractivity contribution in [3.63, 3.8) is 0 Å². The van der Waals surface area contributed by atoms with Crippen molar-refractivity contribution in [2.75, 3.05) is 16.8 Å². The van der Waals surface area contributed by atoms with Crippen LogP contribution >= 0.6 is 0 Å². The summed E-state index contributed by atoms with van der Waals surface area (Å²) >= 11 is 0. The molecule has 0 saturated carbocycles. The summed E-state index contributed by atoms with van der Waals surface area (Å²) in [5.41, 5.74) is 5.61. The molecule has 0 aromatic heterocycles. The molecule has 0 bridgehead atoms. The number of aryl methyl sites for hydroxylation is 1. The van der Waals surface area contributed by atoms with E-state index in [2.05, 4.69) is 78.7 Å². The molecular formula is C33H39FN2O3. The third-order valence-electron chi connectivity index (χ3n) is 6.87. The van der Waals surface area contributed by atoms with Crippen molar-refractivity contribution in [3.05, 3.63) is 94.8 Å². The second-order valence-electron chi connectivity index (χ2n) is 10.7. The Balaban J connectivity index is 1.48. The van der Waals surface area contributed by atoms with Crippen molar-refractivity contribution in [1.82, 2.24) is 0 Å². The number of anilines is 2. The molecule has 3 aromatic rings. The van der Waals surface area contributed by atoms with Crippen molar-refractivity contribution < 1.29 is 18.7 Å². The summed E-state index contributed by atoms with van der Waals surface area (Å²) in [5, 5.41) is 3.31. The third-order valence-corrected chi connectivity index (χ3v) is 6.87. The first kappa shape index (κ1) is 28.2. The molecule has 0 atom stereocenters. The third kappa shape index (κ3) is 7.20. The minimum atomic E-state index is -0.332. The number of halogens is 1. The minimum absolute atomic E-state index is 0.0322. The van der Waals surface area contributed by atoms with E-state index in [1.807, 2.05) is 19.9 Å². The molecular weight excluding hydrogens is 491 g/mol. The van der Waals surface area contributed by atoms with Gasteiger partial charge < -0.3 is 19.7 Å². The molecule has 1 aliphatic heterocycles. The quantitative estimate of drug-likeness (QED) is 0.260. The summed E-state index contributed by atoms with van der Waals surface area (Å²) in [6.07, 6.45) is 4.96. The van der Waals surface area contributed by atoms with Gasteiger partial charge >= 0.3 is 5.97 Å². The zero-order valence-electron chi connectivity index (χ0n) is 23.6. The molecule has 0 amide bonds. The number of para-hydroxylation sites is 1. The molecule has 0 fully saturated rings. The lowest BCUT2D eigenvalue weighted by atomic mass is 9.92. The lowest BCUT2D eigenvalue weighted by molar-refractivity contribution is -0.143. The molecule has 0 saturated heterocycles. The van der Waals surface area contributed by atoms with Gasteiger partial charge in [-0.05, 0) is 82.0 Å². The largest absolute Gasteiger partial charge is 0.491 e. The monoisotopic (exact) mass is 530 g/mol. The highest BCUT2D eigenvalue weighted by molar-refractivity contribution is 5.73. The summed E-state index contributed by atoms with van der Waals surface area (Å²) in [6.45, 7) is 11.8. The molecule has 0 aliphatic carbocycles. The summed E-state index contributed by atoms with van der Waals surface area (Å²) in [4.78, 5) is 14.0. The molecule has 1 heterocycles. The van der Waals surface area contributed by atoms with Gasteiger partial charge in [-0.25, -0.2) is 4.39 Å². The zero-order valence-corrected chi connectivity index (χ0v) is 23.6. The van der Waals surface area contributed by atoms with Crippen LogP contribution in [0.1, 0.15) is 63.3 Å². The first-order chi connectivity index (χ1) is 18.7. The first-order valence-electron chi connectivity index (χ1n) is 13.7. The summed E-state index contributed by atoms with van der Waals surface area (Å²) in [7, 11) is 0. The predicted octanol–water partition coefficient (Wildman–Crippen LogP) is 7.53. The number of fused-ring (bicyclic) bond motifs is 1. The van der Waals surface area contributed by atoms with Crippen molar-refractivity contribution in [3.8, 4) is 5.75 Å². The lowest BCUT2D eigenvalue weighted by Gasteiger charge is -2.42. The van der Waals surface area contributed by atoms with Gasteiger partial charge in [0.2, 0.25) is 0 Å². The number of nitrogens with zero attached hydrogens (tertiary/aromatic N) is 1. The van der Waals surface area contributed by atoms with Gasteiger partial charge in [-0.2, -0.15) is 0 Å². The Morgan fingerprint density at radius 2 is 1.82 bits per heavy atom. The fourth-order valence-corrected chi connectivity index (χ4v) is 4.76. The molecule has 3 aromatic carbocycles. The fraction of sp³-hybridized carbons (Fsp3) is 0.364. The first-order valence-corrected chi connectivity index (χ1v) is 13.7. The van der Waals surface area contributed by atoms with Crippen LogP contribution in [0, 0.1) is 5.82 Å². The number of benzene rings is 3. The predicted molar refractivity (Wildman–Crippen MR) is 157 cm³/mol. The number of nitrogens with one attached hydrogen (secondary N) is 1. The van der Waals surface area contributed by atoms with Crippen molar-refractivity contribution in [2.45, 2.75) is 72.2 Å². The van der Waals surface area contributed by atoms with E-state index in [0.29, 0.717) is 37.4 Å². The van der Waals surface area contributed by atoms with Gasteiger partial charge in [0.15, 0.2) is 0 Å². The van der Waals surface area contributed by atoms with E-state index >= 15 is 0 Å². The molecule has 39 heavy (non-hydrogen) atoms. The van der Waals surface area contributed by atoms with Crippen LogP contribution in [0.3, 0.4) is 0 Å². The van der Waals surface area contributed by atoms with Crippen molar-refractivity contribution >= 4 is 23.4 Å². The van der Waals surface area contributed by atoms with Gasteiger partial charge in [0.1, 0.15) is 11.6 Å². The Hall–Kier alpha value is -3.80. The SMILES string of the molecule is CCOC(=O)CCc1ccc(NCc2ccc(CN3c4ccccc4C=CC3(C)C)c(OC(C)C)c2)cc1F. The Kier molecular flexibility index (Phi) is 8.95. The average Bonchev–Trinajstić information content (AvgIpc) is 2.89. The van der Waals surface area contributed by atoms with Gasteiger partial charge in [-0.3, -0.25) is 4.79 Å². The molecule has 1 N–H and O–H groups in total. The highest BCUT2D eigenvalue weighted by Crippen LogP contribution is 2.37. The molecule has 0 radical (unpaired) electrons. The van der Waals surface area contributed by atoms with Gasteiger partial charge in [-0.15, -0.1) is 0 Å². The van der Waals surface area contributed by atoms with Crippen LogP contribution in [0.2, 0.25) is 0 Å². The highest BCUT2D eigenvalue weighted by Gasteiger charge is 2.29. The number of hydrogen-bond acceptors (Lipinski definition) is 5. The van der Waals surface area contributed by atoms with Gasteiger partial charge in [0.25, 0.3) is 0 Å². The Morgan fingerprint density at radius 1 is 1.05 bits per heavy atom. The Labute approximate surface area is 231 Å². The fourth-order valence-electron chi connectivity index (χ4n) is 4.76. The molecule has 0 unspecified atom stereocenters. The van der Waals surface area contributed by atoms with E-state index in [1.165, 1.54) is 17.3 Å². The second-order valence-corrected chi connectivity index (χ2v) is 10.7. The molecule has 206 valence electrons. The maximum absolute atomic E-state index is 14.6. The maximum atomic E-state index is 14.6. The van der Waals surface area contributed by atoms with Crippen LogP contribution in [0.15, 0.2) is 66.7 Å². The Morgan fingerprint density at radius 3 is 2.56 bits per heavy atom. The summed E-state index contributed by atoms with van der Waals surface area (Å²) in [5.74, 6) is 0.209. The van der Waals surface area contributed by atoms with Crippen LogP contribution in [-0.2, 0) is 29.0 Å². The summed E-state index contributed by atoms with van der Waals surface area (Å²) in [6, 6.07) is 19.8. The lowest BCUT2D eigenvalue weighted by Crippen LogP contribution is -2.44. The molecule has 1 aliphatic rings. The standard InChI is InChI=1S/C33H39FN2O3/c1-6-38-32(37)16-14-25-13-15-28(20-29(25)34)35-21-24-11-12-27(31(19-24)39-23(2)3)22-36-30-10-8-7-9-26(30)17-18-33(36,4)5/h7-13,15,17-20,23,35H,6,14,16,21-22H2,1-5H3. The van der Waals surface area contributed by atoms with Crippen LogP contribution < -0.4 is 15.0 Å². The van der Waals surface area contributed by atoms with Crippen molar-refractivity contribution in [2.24, 2.45) is 0 Å². The number of esters is 1. The zero-order chi connectivity index (χ0) is 28.0. The van der Waals surface area contributed by atoms with Gasteiger partial charge in [0, 0.05) is 36.4 Å². The van der Waals surface area contributed by atoms with E-state index < -0.39 is 0 Å². The van der Waals surface area contributed by atoms with E-state index in [-0.39, 0.29) is 29.9 Å². The van der Waals surface area contributed by atoms with E-state index in [0.717, 1.165) is 16.9 Å². The van der Waals surface area contributed by atoms with Crippen molar-refractivity contribution in [1.29, 1.82) is 0 Å². The summed E-state index contributed by atoms with van der Waals surface area (Å²) < 4.78 is 25.8. The number of rotatable bonds is 11. The molecule has 4 rings (SSSR count). The smallest absolute Gasteiger partial charge is 0.306 e. The molecule has 6 heteroatoms. The number of carbonyl (C=O) groups is 1. The number of hydrogen-bond donors (Lipinski definition) is 1. The molecule has 5 nitrogen and oxygen atoms in total. The van der Waals surface area contributed by atoms with E-state index in [9.17, 15) is 9.18 Å². The van der Waals surface area contributed by atoms with E-state index in [1.54, 1.807) is 13.0 Å².